The maximum Gasteiger partial charge on any atom is 0.413 e. The highest BCUT2D eigenvalue weighted by atomic mass is 35.5. The number of alkyl carbamates (subject to hydrolysis) is 1. The number of phenolic OH excluding ortho intramolecular Hbond substituents is 1. The number of aromatic nitrogens is 1. The number of methoxy groups -OCH3 is 2. The molecule has 164 valence electrons. The van der Waals surface area contributed by atoms with Crippen molar-refractivity contribution in [2.24, 2.45) is 4.99 Å². The van der Waals surface area contributed by atoms with Gasteiger partial charge in [0.25, 0.3) is 0 Å². The molecule has 0 spiro atoms. The summed E-state index contributed by atoms with van der Waals surface area (Å²) in [6.45, 7) is 0. The highest BCUT2D eigenvalue weighted by molar-refractivity contribution is 6.32. The molecule has 1 aliphatic carbocycles. The van der Waals surface area contributed by atoms with Gasteiger partial charge in [0.15, 0.2) is 11.5 Å². The van der Waals surface area contributed by atoms with E-state index in [9.17, 15) is 9.90 Å². The van der Waals surface area contributed by atoms with Crippen molar-refractivity contribution in [1.29, 1.82) is 0 Å². The van der Waals surface area contributed by atoms with Crippen molar-refractivity contribution >= 4 is 35.4 Å². The third-order valence-electron chi connectivity index (χ3n) is 5.65. The molecule has 2 aromatic rings. The molecule has 3 heterocycles. The number of aromatic hydroxyl groups is 1. The van der Waals surface area contributed by atoms with Crippen molar-refractivity contribution in [2.45, 2.75) is 12.3 Å². The molecule has 32 heavy (non-hydrogen) atoms. The van der Waals surface area contributed by atoms with Crippen molar-refractivity contribution < 1.29 is 19.4 Å². The summed E-state index contributed by atoms with van der Waals surface area (Å²) < 4.78 is 9.95. The molecule has 1 atom stereocenters. The number of allylic oxidation sites excluding steroid dienone is 2. The normalized spacial score (nSPS) is 18.3. The average Bonchev–Trinajstić information content (AvgIpc) is 3.16. The molecule has 1 aromatic heterocycles. The summed E-state index contributed by atoms with van der Waals surface area (Å²) in [7, 11) is 2.79. The fourth-order valence-electron chi connectivity index (χ4n) is 4.14. The maximum atomic E-state index is 11.6. The van der Waals surface area contributed by atoms with Gasteiger partial charge >= 0.3 is 6.09 Å². The van der Waals surface area contributed by atoms with Crippen LogP contribution in [0.15, 0.2) is 47.4 Å². The zero-order valence-electron chi connectivity index (χ0n) is 17.3. The molecule has 0 radical (unpaired) electrons. The van der Waals surface area contributed by atoms with E-state index in [1.54, 1.807) is 18.3 Å². The third-order valence-corrected chi connectivity index (χ3v) is 5.94. The van der Waals surface area contributed by atoms with Gasteiger partial charge in [-0.15, -0.1) is 0 Å². The summed E-state index contributed by atoms with van der Waals surface area (Å²) in [6.07, 6.45) is 9.77. The number of fused-ring (bicyclic) bond motifs is 2. The molecule has 2 aliphatic heterocycles. The van der Waals surface area contributed by atoms with Crippen LogP contribution in [-0.2, 0) is 4.74 Å². The maximum absolute atomic E-state index is 11.6. The van der Waals surface area contributed by atoms with E-state index in [1.165, 1.54) is 14.2 Å². The van der Waals surface area contributed by atoms with Gasteiger partial charge in [-0.25, -0.2) is 9.79 Å². The number of nitrogens with zero attached hydrogens (tertiary/aromatic N) is 2. The predicted octanol–water partition coefficient (Wildman–Crippen LogP) is 3.66. The van der Waals surface area contributed by atoms with Crippen LogP contribution < -0.4 is 15.5 Å². The van der Waals surface area contributed by atoms with Gasteiger partial charge in [0.2, 0.25) is 5.96 Å². The van der Waals surface area contributed by atoms with Crippen molar-refractivity contribution in [1.82, 2.24) is 20.7 Å². The average molecular weight is 454 g/mol. The zero-order chi connectivity index (χ0) is 22.4. The number of amides is 1. The van der Waals surface area contributed by atoms with Crippen LogP contribution in [0, 0.1) is 0 Å². The Bertz CT molecular complexity index is 1240. The Labute approximate surface area is 188 Å². The largest absolute Gasteiger partial charge is 0.503 e. The molecule has 10 heteroatoms. The first-order valence-corrected chi connectivity index (χ1v) is 10.2. The number of hydrazine groups is 1. The first-order chi connectivity index (χ1) is 15.5. The lowest BCUT2D eigenvalue weighted by Gasteiger charge is -2.34. The van der Waals surface area contributed by atoms with Gasteiger partial charge in [-0.05, 0) is 30.2 Å². The van der Waals surface area contributed by atoms with E-state index in [-0.39, 0.29) is 22.6 Å². The number of aliphatic imine (C=N–C) groups is 1. The molecule has 4 N–H and O–H groups in total. The van der Waals surface area contributed by atoms with Gasteiger partial charge in [-0.1, -0.05) is 23.8 Å². The smallest absolute Gasteiger partial charge is 0.413 e. The molecule has 1 amide bonds. The minimum Gasteiger partial charge on any atom is -0.503 e. The molecular weight excluding hydrogens is 434 g/mol. The fraction of sp³-hybridized carbons (Fsp3) is 0.182. The quantitative estimate of drug-likeness (QED) is 0.552. The standard InChI is InChI=1S/C22H20ClN5O4/c1-31-17-8-12(7-15(23)20(17)29)14-5-6-16-18-11(9-24-19(14)18)3-4-13-10-25-21(27-28(13)16)26-22(30)32-2/h3-4,6-10,14,24,29H,5H2,1-2H3,(H2,25,26,27,30). The van der Waals surface area contributed by atoms with Crippen LogP contribution in [0.2, 0.25) is 5.02 Å². The molecule has 5 rings (SSSR count). The van der Waals surface area contributed by atoms with Crippen molar-refractivity contribution in [3.05, 3.63) is 69.8 Å². The number of hydrogen-bond donors (Lipinski definition) is 4. The van der Waals surface area contributed by atoms with Gasteiger partial charge in [0.05, 0.1) is 36.8 Å². The molecule has 0 bridgehead atoms. The summed E-state index contributed by atoms with van der Waals surface area (Å²) in [4.78, 5) is 19.3. The first kappa shape index (κ1) is 20.1. The van der Waals surface area contributed by atoms with Crippen molar-refractivity contribution in [3.8, 4) is 11.5 Å². The molecule has 9 nitrogen and oxygen atoms in total. The lowest BCUT2D eigenvalue weighted by Crippen LogP contribution is -2.50. The Hall–Kier alpha value is -3.85. The van der Waals surface area contributed by atoms with Gasteiger partial charge in [0, 0.05) is 28.9 Å². The number of carbonyl (C=O) groups is 1. The molecule has 1 aromatic carbocycles. The molecule has 0 saturated heterocycles. The Morgan fingerprint density at radius 1 is 1.34 bits per heavy atom. The highest BCUT2D eigenvalue weighted by Gasteiger charge is 2.33. The van der Waals surface area contributed by atoms with E-state index in [4.69, 9.17) is 16.3 Å². The summed E-state index contributed by atoms with van der Waals surface area (Å²) >= 11 is 6.25. The molecule has 0 fully saturated rings. The van der Waals surface area contributed by atoms with Crippen LogP contribution >= 0.6 is 11.6 Å². The minimum atomic E-state index is -0.614. The second-order valence-corrected chi connectivity index (χ2v) is 7.80. The number of benzene rings is 1. The number of rotatable bonds is 2. The van der Waals surface area contributed by atoms with Crippen LogP contribution in [0.1, 0.15) is 34.7 Å². The van der Waals surface area contributed by atoms with Gasteiger partial charge in [-0.3, -0.25) is 15.8 Å². The number of aromatic amines is 1. The molecule has 1 unspecified atom stereocenters. The van der Waals surface area contributed by atoms with E-state index in [0.29, 0.717) is 12.2 Å². The number of ether oxygens (including phenoxy) is 2. The van der Waals surface area contributed by atoms with Gasteiger partial charge in [-0.2, -0.15) is 0 Å². The van der Waals surface area contributed by atoms with E-state index in [2.05, 4.69) is 31.5 Å². The van der Waals surface area contributed by atoms with Crippen LogP contribution in [-0.4, -0.2) is 41.4 Å². The number of H-pyrrole nitrogens is 1. The number of carbonyl (C=O) groups excluding carboxylic acids is 1. The Balaban J connectivity index is 1.54. The Morgan fingerprint density at radius 3 is 2.97 bits per heavy atom. The monoisotopic (exact) mass is 453 g/mol. The molecular formula is C22H20ClN5O4. The summed E-state index contributed by atoms with van der Waals surface area (Å²) in [5.74, 6) is 0.500. The topological polar surface area (TPSA) is 111 Å². The SMILES string of the molecule is COC(=O)NC1=NC=C2C=Cc3c[nH]c4c3C(=CCC4c3cc(Cl)c(O)c(OC)c3)N2N1. The van der Waals surface area contributed by atoms with Crippen LogP contribution in [0.5, 0.6) is 11.5 Å². The second kappa shape index (κ2) is 7.69. The van der Waals surface area contributed by atoms with E-state index >= 15 is 0 Å². The van der Waals surface area contributed by atoms with E-state index < -0.39 is 6.09 Å². The van der Waals surface area contributed by atoms with Crippen molar-refractivity contribution in [2.75, 3.05) is 14.2 Å². The second-order valence-electron chi connectivity index (χ2n) is 7.39. The molecule has 3 aliphatic rings. The minimum absolute atomic E-state index is 0.0143. The van der Waals surface area contributed by atoms with Gasteiger partial charge < -0.3 is 19.6 Å². The van der Waals surface area contributed by atoms with Crippen LogP contribution in [0.25, 0.3) is 11.8 Å². The predicted molar refractivity (Wildman–Crippen MR) is 120 cm³/mol. The summed E-state index contributed by atoms with van der Waals surface area (Å²) in [6, 6.07) is 3.57. The Morgan fingerprint density at radius 2 is 2.19 bits per heavy atom. The lowest BCUT2D eigenvalue weighted by molar-refractivity contribution is 0.176. The number of hydrogen-bond acceptors (Lipinski definition) is 7. The van der Waals surface area contributed by atoms with E-state index in [1.807, 2.05) is 23.4 Å². The summed E-state index contributed by atoms with van der Waals surface area (Å²) in [5, 5.41) is 14.8. The van der Waals surface area contributed by atoms with Crippen LogP contribution in [0.3, 0.4) is 0 Å². The van der Waals surface area contributed by atoms with Crippen molar-refractivity contribution in [3.63, 3.8) is 0 Å². The zero-order valence-corrected chi connectivity index (χ0v) is 18.0. The molecule has 0 saturated carbocycles. The fourth-order valence-corrected chi connectivity index (χ4v) is 4.36. The number of nitrogens with one attached hydrogen (secondary N) is 3. The number of halogens is 1. The summed E-state index contributed by atoms with van der Waals surface area (Å²) in [5.41, 5.74) is 8.87. The number of guanidine groups is 1. The number of phenols is 1. The van der Waals surface area contributed by atoms with Gasteiger partial charge in [0.1, 0.15) is 0 Å². The Kier molecular flexibility index (Phi) is 4.82. The van der Waals surface area contributed by atoms with Crippen LogP contribution in [0.4, 0.5) is 4.79 Å². The third kappa shape index (κ3) is 3.18. The highest BCUT2D eigenvalue weighted by Crippen LogP contribution is 2.46. The lowest BCUT2D eigenvalue weighted by atomic mass is 9.84. The first-order valence-electron chi connectivity index (χ1n) is 9.86. The van der Waals surface area contributed by atoms with E-state index in [0.717, 1.165) is 33.8 Å².